The average molecular weight is 247 g/mol. The molecule has 0 atom stereocenters. The third-order valence-electron chi connectivity index (χ3n) is 3.37. The van der Waals surface area contributed by atoms with Gasteiger partial charge >= 0.3 is 0 Å². The first-order valence-electron chi connectivity index (χ1n) is 6.50. The number of carbonyl (C=O) groups excluding carboxylic acids is 1. The molecule has 18 heavy (non-hydrogen) atoms. The second-order valence-corrected chi connectivity index (χ2v) is 5.69. The molecule has 0 aromatic heterocycles. The van der Waals surface area contributed by atoms with Crippen molar-refractivity contribution in [2.24, 2.45) is 0 Å². The van der Waals surface area contributed by atoms with Crippen LogP contribution in [-0.4, -0.2) is 30.5 Å². The maximum Gasteiger partial charge on any atom is 0.257 e. The Morgan fingerprint density at radius 3 is 2.67 bits per heavy atom. The highest BCUT2D eigenvalue weighted by Crippen LogP contribution is 2.30. The minimum atomic E-state index is 0.0676. The Bertz CT molecular complexity index is 460. The van der Waals surface area contributed by atoms with Gasteiger partial charge in [0.1, 0.15) is 12.4 Å². The summed E-state index contributed by atoms with van der Waals surface area (Å²) in [5.41, 5.74) is 1.94. The normalized spacial score (nSPS) is 16.0. The van der Waals surface area contributed by atoms with Crippen molar-refractivity contribution in [1.29, 1.82) is 0 Å². The molecular formula is C15H21NO2. The van der Waals surface area contributed by atoms with Crippen LogP contribution in [0.3, 0.4) is 0 Å². The molecule has 1 aliphatic rings. The van der Waals surface area contributed by atoms with Gasteiger partial charge in [0.2, 0.25) is 0 Å². The average Bonchev–Trinajstić information content (AvgIpc) is 2.47. The van der Waals surface area contributed by atoms with E-state index in [4.69, 9.17) is 4.74 Å². The lowest BCUT2D eigenvalue weighted by Crippen LogP contribution is -2.31. The van der Waals surface area contributed by atoms with E-state index in [-0.39, 0.29) is 11.3 Å². The third-order valence-corrected chi connectivity index (χ3v) is 3.37. The second kappa shape index (κ2) is 4.63. The van der Waals surface area contributed by atoms with Crippen LogP contribution < -0.4 is 4.74 Å². The molecule has 1 aromatic rings. The number of hydrogen-bond donors (Lipinski definition) is 0. The van der Waals surface area contributed by atoms with Gasteiger partial charge in [-0.15, -0.1) is 0 Å². The van der Waals surface area contributed by atoms with Gasteiger partial charge in [0.05, 0.1) is 12.1 Å². The molecular weight excluding hydrogens is 226 g/mol. The highest BCUT2D eigenvalue weighted by molar-refractivity contribution is 5.97. The van der Waals surface area contributed by atoms with Crippen molar-refractivity contribution < 1.29 is 9.53 Å². The summed E-state index contributed by atoms with van der Waals surface area (Å²) in [6.45, 7) is 10.4. The number of amides is 1. The number of carbonyl (C=O) groups is 1. The van der Waals surface area contributed by atoms with Crippen LogP contribution in [0.1, 0.15) is 43.6 Å². The van der Waals surface area contributed by atoms with E-state index in [1.54, 1.807) is 0 Å². The van der Waals surface area contributed by atoms with E-state index in [0.717, 1.165) is 12.3 Å². The topological polar surface area (TPSA) is 29.5 Å². The van der Waals surface area contributed by atoms with Crippen molar-refractivity contribution >= 4 is 5.91 Å². The summed E-state index contributed by atoms with van der Waals surface area (Å²) in [5.74, 6) is 0.800. The number of likely N-dealkylation sites (N-methyl/N-ethyl adjacent to an activating group) is 1. The van der Waals surface area contributed by atoms with E-state index in [0.29, 0.717) is 18.7 Å². The Hall–Kier alpha value is -1.51. The molecule has 0 spiro atoms. The molecule has 98 valence electrons. The molecule has 3 nitrogen and oxygen atoms in total. The fourth-order valence-electron chi connectivity index (χ4n) is 2.12. The monoisotopic (exact) mass is 247 g/mol. The van der Waals surface area contributed by atoms with Crippen molar-refractivity contribution in [3.05, 3.63) is 29.3 Å². The fourth-order valence-corrected chi connectivity index (χ4v) is 2.12. The lowest BCUT2D eigenvalue weighted by Gasteiger charge is -2.21. The van der Waals surface area contributed by atoms with E-state index in [1.165, 1.54) is 5.56 Å². The summed E-state index contributed by atoms with van der Waals surface area (Å²) in [6, 6.07) is 5.93. The zero-order chi connectivity index (χ0) is 13.3. The van der Waals surface area contributed by atoms with Crippen molar-refractivity contribution in [3.8, 4) is 5.75 Å². The first kappa shape index (κ1) is 12.9. The summed E-state index contributed by atoms with van der Waals surface area (Å²) >= 11 is 0. The molecule has 0 bridgehead atoms. The van der Waals surface area contributed by atoms with Gasteiger partial charge in [-0.2, -0.15) is 0 Å². The quantitative estimate of drug-likeness (QED) is 0.763. The molecule has 0 aliphatic carbocycles. The number of benzene rings is 1. The Morgan fingerprint density at radius 1 is 1.33 bits per heavy atom. The van der Waals surface area contributed by atoms with E-state index < -0.39 is 0 Å². The minimum absolute atomic E-state index is 0.0676. The largest absolute Gasteiger partial charge is 0.491 e. The van der Waals surface area contributed by atoms with Crippen LogP contribution in [0.25, 0.3) is 0 Å². The van der Waals surface area contributed by atoms with Gasteiger partial charge in [0.15, 0.2) is 0 Å². The lowest BCUT2D eigenvalue weighted by molar-refractivity contribution is 0.0765. The molecule has 1 amide bonds. The molecule has 1 aliphatic heterocycles. The van der Waals surface area contributed by atoms with Crippen molar-refractivity contribution in [3.63, 3.8) is 0 Å². The van der Waals surface area contributed by atoms with Gasteiger partial charge in [0, 0.05) is 6.54 Å². The predicted octanol–water partition coefficient (Wildman–Crippen LogP) is 2.84. The molecule has 0 saturated carbocycles. The zero-order valence-electron chi connectivity index (χ0n) is 11.6. The van der Waals surface area contributed by atoms with Crippen LogP contribution in [0, 0.1) is 0 Å². The smallest absolute Gasteiger partial charge is 0.257 e. The van der Waals surface area contributed by atoms with Gasteiger partial charge < -0.3 is 9.64 Å². The van der Waals surface area contributed by atoms with E-state index in [9.17, 15) is 4.79 Å². The summed E-state index contributed by atoms with van der Waals surface area (Å²) < 4.78 is 5.72. The molecule has 0 radical (unpaired) electrons. The van der Waals surface area contributed by atoms with E-state index in [1.807, 2.05) is 30.0 Å². The van der Waals surface area contributed by atoms with Gasteiger partial charge in [-0.3, -0.25) is 4.79 Å². The molecule has 0 fully saturated rings. The Balaban J connectivity index is 2.43. The molecule has 0 unspecified atom stereocenters. The molecule has 0 N–H and O–H groups in total. The summed E-state index contributed by atoms with van der Waals surface area (Å²) in [5, 5.41) is 0. The number of hydrogen-bond acceptors (Lipinski definition) is 2. The molecule has 2 rings (SSSR count). The fraction of sp³-hybridized carbons (Fsp3) is 0.533. The van der Waals surface area contributed by atoms with Crippen molar-refractivity contribution in [2.75, 3.05) is 19.7 Å². The van der Waals surface area contributed by atoms with E-state index in [2.05, 4.69) is 20.8 Å². The van der Waals surface area contributed by atoms with Gasteiger partial charge in [0.25, 0.3) is 5.91 Å². The number of rotatable bonds is 1. The highest BCUT2D eigenvalue weighted by atomic mass is 16.5. The third kappa shape index (κ3) is 2.35. The summed E-state index contributed by atoms with van der Waals surface area (Å²) in [6.07, 6.45) is 0. The van der Waals surface area contributed by atoms with Crippen LogP contribution in [0.4, 0.5) is 0 Å². The SMILES string of the molecule is CCN1CCOc2cc(C(C)(C)C)ccc2C1=O. The summed E-state index contributed by atoms with van der Waals surface area (Å²) in [7, 11) is 0. The molecule has 3 heteroatoms. The lowest BCUT2D eigenvalue weighted by atomic mass is 9.86. The maximum atomic E-state index is 12.3. The summed E-state index contributed by atoms with van der Waals surface area (Å²) in [4.78, 5) is 14.1. The Labute approximate surface area is 109 Å². The molecule has 1 heterocycles. The first-order chi connectivity index (χ1) is 8.43. The van der Waals surface area contributed by atoms with Crippen LogP contribution in [0.2, 0.25) is 0 Å². The zero-order valence-corrected chi connectivity index (χ0v) is 11.6. The highest BCUT2D eigenvalue weighted by Gasteiger charge is 2.24. The standard InChI is InChI=1S/C15H21NO2/c1-5-16-8-9-18-13-10-11(15(2,3)4)6-7-12(13)14(16)17/h6-7,10H,5,8-9H2,1-4H3. The Kier molecular flexibility index (Phi) is 3.33. The van der Waals surface area contributed by atoms with Crippen molar-refractivity contribution in [2.45, 2.75) is 33.1 Å². The van der Waals surface area contributed by atoms with Crippen LogP contribution >= 0.6 is 0 Å². The van der Waals surface area contributed by atoms with E-state index >= 15 is 0 Å². The number of fused-ring (bicyclic) bond motifs is 1. The first-order valence-corrected chi connectivity index (χ1v) is 6.50. The number of nitrogens with zero attached hydrogens (tertiary/aromatic N) is 1. The maximum absolute atomic E-state index is 12.3. The van der Waals surface area contributed by atoms with Gasteiger partial charge in [-0.25, -0.2) is 0 Å². The Morgan fingerprint density at radius 2 is 2.06 bits per heavy atom. The predicted molar refractivity (Wildman–Crippen MR) is 72.2 cm³/mol. The van der Waals surface area contributed by atoms with Gasteiger partial charge in [-0.05, 0) is 30.0 Å². The molecule has 1 aromatic carbocycles. The molecule has 0 saturated heterocycles. The van der Waals surface area contributed by atoms with Crippen LogP contribution in [0.5, 0.6) is 5.75 Å². The van der Waals surface area contributed by atoms with Crippen molar-refractivity contribution in [1.82, 2.24) is 4.90 Å². The van der Waals surface area contributed by atoms with Crippen LogP contribution in [0.15, 0.2) is 18.2 Å². The minimum Gasteiger partial charge on any atom is -0.491 e. The van der Waals surface area contributed by atoms with Crippen LogP contribution in [-0.2, 0) is 5.41 Å². The second-order valence-electron chi connectivity index (χ2n) is 5.69. The van der Waals surface area contributed by atoms with Gasteiger partial charge in [-0.1, -0.05) is 26.8 Å². The number of ether oxygens (including phenoxy) is 1.